The Labute approximate surface area is 128 Å². The van der Waals surface area contributed by atoms with Crippen LogP contribution < -0.4 is 5.32 Å². The molecule has 0 radical (unpaired) electrons. The molecule has 0 bridgehead atoms. The SMILES string of the molecule is CC[P+](CC)(CC)C(C)C(=O)Nc1c(C)cc(F)cc1C. The zero-order chi connectivity index (χ0) is 16.2. The number of nitrogens with one attached hydrogen (secondary N) is 1. The van der Waals surface area contributed by atoms with Crippen molar-refractivity contribution in [2.75, 3.05) is 23.8 Å². The van der Waals surface area contributed by atoms with Gasteiger partial charge in [0, 0.05) is 12.9 Å². The zero-order valence-corrected chi connectivity index (χ0v) is 15.0. The van der Waals surface area contributed by atoms with E-state index in [0.29, 0.717) is 0 Å². The second-order valence-electron chi connectivity index (χ2n) is 5.75. The maximum absolute atomic E-state index is 13.4. The number of anilines is 1. The van der Waals surface area contributed by atoms with Crippen LogP contribution in [0.15, 0.2) is 12.1 Å². The molecule has 0 spiro atoms. The number of amides is 1. The molecule has 2 nitrogen and oxygen atoms in total. The number of carbonyl (C=O) groups is 1. The molecule has 21 heavy (non-hydrogen) atoms. The van der Waals surface area contributed by atoms with Crippen LogP contribution in [0.25, 0.3) is 0 Å². The Balaban J connectivity index is 3.01. The average molecular weight is 312 g/mol. The van der Waals surface area contributed by atoms with Crippen molar-refractivity contribution in [3.8, 4) is 0 Å². The molecule has 1 atom stereocenters. The smallest absolute Gasteiger partial charge is 0.264 e. The summed E-state index contributed by atoms with van der Waals surface area (Å²) < 4.78 is 13.4. The minimum absolute atomic E-state index is 0.0429. The first-order valence-electron chi connectivity index (χ1n) is 7.74. The Morgan fingerprint density at radius 1 is 1.14 bits per heavy atom. The summed E-state index contributed by atoms with van der Waals surface area (Å²) in [6.07, 6.45) is 3.28. The first kappa shape index (κ1) is 18.1. The number of hydrogen-bond donors (Lipinski definition) is 1. The Bertz CT molecular complexity index is 480. The lowest BCUT2D eigenvalue weighted by atomic mass is 10.1. The quantitative estimate of drug-likeness (QED) is 0.748. The number of hydrogen-bond acceptors (Lipinski definition) is 1. The molecule has 1 amide bonds. The molecule has 0 aliphatic carbocycles. The average Bonchev–Trinajstić information content (AvgIpc) is 2.44. The molecule has 0 fully saturated rings. The molecule has 0 heterocycles. The van der Waals surface area contributed by atoms with Gasteiger partial charge in [-0.3, -0.25) is 4.79 Å². The second kappa shape index (κ2) is 7.35. The first-order valence-corrected chi connectivity index (χ1v) is 10.2. The van der Waals surface area contributed by atoms with Gasteiger partial charge in [0.25, 0.3) is 5.91 Å². The van der Waals surface area contributed by atoms with E-state index in [1.54, 1.807) is 0 Å². The van der Waals surface area contributed by atoms with E-state index < -0.39 is 7.26 Å². The maximum atomic E-state index is 13.4. The third kappa shape index (κ3) is 3.83. The van der Waals surface area contributed by atoms with Crippen LogP contribution >= 0.6 is 7.26 Å². The van der Waals surface area contributed by atoms with E-state index in [1.807, 2.05) is 20.8 Å². The zero-order valence-electron chi connectivity index (χ0n) is 14.1. The minimum atomic E-state index is -1.25. The van der Waals surface area contributed by atoms with Crippen molar-refractivity contribution in [3.63, 3.8) is 0 Å². The molecule has 1 unspecified atom stereocenters. The van der Waals surface area contributed by atoms with E-state index in [0.717, 1.165) is 35.3 Å². The van der Waals surface area contributed by atoms with E-state index in [-0.39, 0.29) is 17.4 Å². The third-order valence-corrected chi connectivity index (χ3v) is 10.5. The fourth-order valence-electron chi connectivity index (χ4n) is 3.08. The highest BCUT2D eigenvalue weighted by atomic mass is 31.2. The summed E-state index contributed by atoms with van der Waals surface area (Å²) in [5, 5.41) is 3.04. The van der Waals surface area contributed by atoms with E-state index >= 15 is 0 Å². The van der Waals surface area contributed by atoms with Gasteiger partial charge in [-0.1, -0.05) is 0 Å². The van der Waals surface area contributed by atoms with E-state index in [9.17, 15) is 9.18 Å². The van der Waals surface area contributed by atoms with Gasteiger partial charge < -0.3 is 5.32 Å². The molecule has 0 aromatic heterocycles. The fraction of sp³-hybridized carbons (Fsp3) is 0.588. The number of halogens is 1. The van der Waals surface area contributed by atoms with Crippen molar-refractivity contribution in [2.24, 2.45) is 0 Å². The highest BCUT2D eigenvalue weighted by Gasteiger charge is 2.42. The Hall–Kier alpha value is -0.950. The summed E-state index contributed by atoms with van der Waals surface area (Å²) in [4.78, 5) is 12.6. The number of benzene rings is 1. The Morgan fingerprint density at radius 3 is 1.95 bits per heavy atom. The number of carbonyl (C=O) groups excluding carboxylic acids is 1. The topological polar surface area (TPSA) is 29.1 Å². The predicted molar refractivity (Wildman–Crippen MR) is 92.5 cm³/mol. The molecular formula is C17H28FNOP+. The molecule has 0 aliphatic rings. The van der Waals surface area contributed by atoms with Gasteiger partial charge in [-0.2, -0.15) is 0 Å². The molecular weight excluding hydrogens is 284 g/mol. The van der Waals surface area contributed by atoms with Crippen molar-refractivity contribution in [2.45, 2.75) is 47.2 Å². The van der Waals surface area contributed by atoms with Crippen LogP contribution in [0, 0.1) is 19.7 Å². The predicted octanol–water partition coefficient (Wildman–Crippen LogP) is 4.85. The second-order valence-corrected chi connectivity index (χ2v) is 10.9. The monoisotopic (exact) mass is 312 g/mol. The van der Waals surface area contributed by atoms with Gasteiger partial charge in [0.05, 0.1) is 18.5 Å². The van der Waals surface area contributed by atoms with Crippen molar-refractivity contribution in [1.29, 1.82) is 0 Å². The van der Waals surface area contributed by atoms with Crippen LogP contribution in [-0.4, -0.2) is 30.1 Å². The lowest BCUT2D eigenvalue weighted by Gasteiger charge is -2.29. The van der Waals surface area contributed by atoms with E-state index in [4.69, 9.17) is 0 Å². The van der Waals surface area contributed by atoms with Crippen molar-refractivity contribution in [1.82, 2.24) is 0 Å². The van der Waals surface area contributed by atoms with Gasteiger partial charge >= 0.3 is 0 Å². The van der Waals surface area contributed by atoms with Crippen molar-refractivity contribution < 1.29 is 9.18 Å². The number of aryl methyl sites for hydroxylation is 2. The Kier molecular flexibility index (Phi) is 6.34. The van der Waals surface area contributed by atoms with E-state index in [1.165, 1.54) is 12.1 Å². The van der Waals surface area contributed by atoms with Crippen LogP contribution in [0.5, 0.6) is 0 Å². The van der Waals surface area contributed by atoms with Gasteiger partial charge in [-0.25, -0.2) is 4.39 Å². The first-order chi connectivity index (χ1) is 9.81. The molecule has 1 rings (SSSR count). The van der Waals surface area contributed by atoms with Gasteiger partial charge in [-0.05, 0) is 64.8 Å². The van der Waals surface area contributed by atoms with Gasteiger partial charge in [-0.15, -0.1) is 0 Å². The van der Waals surface area contributed by atoms with Crippen LogP contribution in [0.2, 0.25) is 0 Å². The fourth-order valence-corrected chi connectivity index (χ4v) is 6.62. The van der Waals surface area contributed by atoms with Crippen LogP contribution in [0.4, 0.5) is 10.1 Å². The molecule has 4 heteroatoms. The molecule has 0 saturated heterocycles. The molecule has 118 valence electrons. The summed E-state index contributed by atoms with van der Waals surface area (Å²) in [5.74, 6) is -0.180. The molecule has 0 aliphatic heterocycles. The lowest BCUT2D eigenvalue weighted by molar-refractivity contribution is -0.115. The standard InChI is InChI=1S/C17H27FNOP/c1-7-21(8-2,9-3)14(6)17(20)19-16-12(4)10-15(18)11-13(16)5/h10-11,14H,7-9H2,1-6H3/p+1. The molecule has 1 aromatic carbocycles. The van der Waals surface area contributed by atoms with Crippen LogP contribution in [-0.2, 0) is 4.79 Å². The third-order valence-electron chi connectivity index (χ3n) is 4.84. The van der Waals surface area contributed by atoms with Crippen LogP contribution in [0.1, 0.15) is 38.8 Å². The molecule has 0 saturated carbocycles. The maximum Gasteiger partial charge on any atom is 0.264 e. The van der Waals surface area contributed by atoms with Gasteiger partial charge in [0.2, 0.25) is 0 Å². The van der Waals surface area contributed by atoms with Gasteiger partial charge in [0.1, 0.15) is 11.5 Å². The molecule has 1 aromatic rings. The Morgan fingerprint density at radius 2 is 1.57 bits per heavy atom. The summed E-state index contributed by atoms with van der Waals surface area (Å²) in [7, 11) is -1.25. The molecule has 1 N–H and O–H groups in total. The normalized spacial score (nSPS) is 13.1. The van der Waals surface area contributed by atoms with Crippen molar-refractivity contribution >= 4 is 18.9 Å². The number of rotatable bonds is 6. The lowest BCUT2D eigenvalue weighted by Crippen LogP contribution is -2.31. The summed E-state index contributed by atoms with van der Waals surface area (Å²) in [6, 6.07) is 2.93. The van der Waals surface area contributed by atoms with Gasteiger partial charge in [0.15, 0.2) is 0 Å². The minimum Gasteiger partial charge on any atom is -0.322 e. The van der Waals surface area contributed by atoms with E-state index in [2.05, 4.69) is 26.1 Å². The highest BCUT2D eigenvalue weighted by molar-refractivity contribution is 7.77. The highest BCUT2D eigenvalue weighted by Crippen LogP contribution is 2.62. The summed E-state index contributed by atoms with van der Waals surface area (Å²) >= 11 is 0. The summed E-state index contributed by atoms with van der Waals surface area (Å²) in [5.41, 5.74) is 2.36. The van der Waals surface area contributed by atoms with Crippen molar-refractivity contribution in [3.05, 3.63) is 29.1 Å². The van der Waals surface area contributed by atoms with Crippen LogP contribution in [0.3, 0.4) is 0 Å². The largest absolute Gasteiger partial charge is 0.322 e. The summed E-state index contributed by atoms with van der Waals surface area (Å²) in [6.45, 7) is 12.3.